The summed E-state index contributed by atoms with van der Waals surface area (Å²) in [6.07, 6.45) is 2.36. The summed E-state index contributed by atoms with van der Waals surface area (Å²) in [7, 11) is 0. The Labute approximate surface area is 152 Å². The number of pyridine rings is 1. The zero-order valence-electron chi connectivity index (χ0n) is 14.0. The molecule has 0 unspecified atom stereocenters. The van der Waals surface area contributed by atoms with Crippen LogP contribution in [0.2, 0.25) is 0 Å². The first-order valence-corrected chi connectivity index (χ1v) is 8.14. The third-order valence-electron chi connectivity index (χ3n) is 4.12. The highest BCUT2D eigenvalue weighted by Gasteiger charge is 2.09. The van der Waals surface area contributed by atoms with Crippen LogP contribution in [0.15, 0.2) is 61.1 Å². The molecule has 7 heteroatoms. The Morgan fingerprint density at radius 1 is 0.778 bits per heavy atom. The minimum absolute atomic E-state index is 0.0407. The summed E-state index contributed by atoms with van der Waals surface area (Å²) in [5.41, 5.74) is 2.49. The molecule has 0 fully saturated rings. The first-order chi connectivity index (χ1) is 13.1. The van der Waals surface area contributed by atoms with Gasteiger partial charge in [0.15, 0.2) is 0 Å². The van der Waals surface area contributed by atoms with E-state index in [0.29, 0.717) is 11.3 Å². The normalized spacial score (nSPS) is 10.9. The largest absolute Gasteiger partial charge is 0.364 e. The van der Waals surface area contributed by atoms with Gasteiger partial charge in [-0.25, -0.2) is 23.1 Å². The van der Waals surface area contributed by atoms with Gasteiger partial charge in [-0.05, 0) is 35.4 Å². The first kappa shape index (κ1) is 17.0. The Hall–Kier alpha value is -3.48. The second-order valence-corrected chi connectivity index (χ2v) is 5.90. The van der Waals surface area contributed by atoms with E-state index in [-0.39, 0.29) is 18.1 Å². The molecule has 2 aromatic carbocycles. The van der Waals surface area contributed by atoms with Gasteiger partial charge in [-0.1, -0.05) is 18.2 Å². The molecule has 0 saturated heterocycles. The van der Waals surface area contributed by atoms with Gasteiger partial charge in [0, 0.05) is 11.5 Å². The summed E-state index contributed by atoms with van der Waals surface area (Å²) in [6, 6.07) is 12.5. The standard InChI is InChI=1S/C20H13F3N4/c21-14-4-1-12(2-5-14)13-3-6-18-16(7-13)20(27-11-26-18)25-10-19-17(23)8-15(22)9-24-19/h1-9,11H,10H2,(H,25,26,27). The number of rotatable bonds is 4. The molecule has 2 aromatic heterocycles. The molecule has 1 N–H and O–H groups in total. The SMILES string of the molecule is Fc1ccc(-c2ccc3ncnc(NCc4ncc(F)cc4F)c3c2)cc1. The van der Waals surface area contributed by atoms with E-state index in [1.54, 1.807) is 12.1 Å². The molecule has 0 aliphatic rings. The van der Waals surface area contributed by atoms with E-state index in [2.05, 4.69) is 20.3 Å². The predicted molar refractivity (Wildman–Crippen MR) is 96.4 cm³/mol. The molecule has 0 saturated carbocycles. The maximum absolute atomic E-state index is 13.8. The molecule has 0 aliphatic carbocycles. The van der Waals surface area contributed by atoms with E-state index in [4.69, 9.17) is 0 Å². The smallest absolute Gasteiger partial charge is 0.149 e. The Kier molecular flexibility index (Phi) is 4.42. The summed E-state index contributed by atoms with van der Waals surface area (Å²) in [4.78, 5) is 12.2. The Bertz CT molecular complexity index is 1110. The summed E-state index contributed by atoms with van der Waals surface area (Å²) < 4.78 is 39.9. The Morgan fingerprint density at radius 3 is 2.33 bits per heavy atom. The fraction of sp³-hybridized carbons (Fsp3) is 0.0500. The van der Waals surface area contributed by atoms with Crippen LogP contribution in [-0.2, 0) is 6.54 Å². The molecule has 0 amide bonds. The molecule has 0 aliphatic heterocycles. The lowest BCUT2D eigenvalue weighted by Crippen LogP contribution is -2.06. The summed E-state index contributed by atoms with van der Waals surface area (Å²) in [6.45, 7) is 0.0407. The van der Waals surface area contributed by atoms with Gasteiger partial charge in [-0.3, -0.25) is 4.98 Å². The topological polar surface area (TPSA) is 50.7 Å². The third kappa shape index (κ3) is 3.57. The van der Waals surface area contributed by atoms with Gasteiger partial charge in [-0.2, -0.15) is 0 Å². The molecule has 4 nitrogen and oxygen atoms in total. The molecule has 4 aromatic rings. The van der Waals surface area contributed by atoms with Gasteiger partial charge < -0.3 is 5.32 Å². The van der Waals surface area contributed by atoms with Crippen LogP contribution in [0, 0.1) is 17.5 Å². The van der Waals surface area contributed by atoms with Crippen molar-refractivity contribution in [3.8, 4) is 11.1 Å². The lowest BCUT2D eigenvalue weighted by Gasteiger charge is -2.10. The average Bonchev–Trinajstić information content (AvgIpc) is 2.67. The van der Waals surface area contributed by atoms with Gasteiger partial charge in [0.25, 0.3) is 0 Å². The molecule has 0 bridgehead atoms. The number of aromatic nitrogens is 3. The van der Waals surface area contributed by atoms with Gasteiger partial charge in [0.2, 0.25) is 0 Å². The van der Waals surface area contributed by atoms with Crippen molar-refractivity contribution in [2.75, 3.05) is 5.32 Å². The number of nitrogens with zero attached hydrogens (tertiary/aromatic N) is 3. The predicted octanol–water partition coefficient (Wildman–Crippen LogP) is 4.72. The number of halogens is 3. The molecule has 2 heterocycles. The minimum Gasteiger partial charge on any atom is -0.364 e. The molecular weight excluding hydrogens is 353 g/mol. The highest BCUT2D eigenvalue weighted by atomic mass is 19.1. The lowest BCUT2D eigenvalue weighted by molar-refractivity contribution is 0.560. The summed E-state index contributed by atoms with van der Waals surface area (Å²) in [5, 5.41) is 3.74. The van der Waals surface area contributed by atoms with Crippen molar-refractivity contribution < 1.29 is 13.2 Å². The number of hydrogen-bond donors (Lipinski definition) is 1. The van der Waals surface area contributed by atoms with Crippen LogP contribution in [0.5, 0.6) is 0 Å². The average molecular weight is 366 g/mol. The van der Waals surface area contributed by atoms with E-state index < -0.39 is 11.6 Å². The molecule has 27 heavy (non-hydrogen) atoms. The second kappa shape index (κ2) is 7.03. The fourth-order valence-corrected chi connectivity index (χ4v) is 2.76. The van der Waals surface area contributed by atoms with Gasteiger partial charge in [-0.15, -0.1) is 0 Å². The second-order valence-electron chi connectivity index (χ2n) is 5.90. The zero-order chi connectivity index (χ0) is 18.8. The monoisotopic (exact) mass is 366 g/mol. The van der Waals surface area contributed by atoms with Gasteiger partial charge >= 0.3 is 0 Å². The van der Waals surface area contributed by atoms with Crippen molar-refractivity contribution >= 4 is 16.7 Å². The van der Waals surface area contributed by atoms with Gasteiger partial charge in [0.1, 0.15) is 29.6 Å². The van der Waals surface area contributed by atoms with Crippen molar-refractivity contribution in [3.05, 3.63) is 84.2 Å². The fourth-order valence-electron chi connectivity index (χ4n) is 2.76. The van der Waals surface area contributed by atoms with E-state index in [1.807, 2.05) is 18.2 Å². The first-order valence-electron chi connectivity index (χ1n) is 8.14. The van der Waals surface area contributed by atoms with E-state index >= 15 is 0 Å². The van der Waals surface area contributed by atoms with Crippen LogP contribution in [0.1, 0.15) is 5.69 Å². The molecule has 4 rings (SSSR count). The van der Waals surface area contributed by atoms with E-state index in [1.165, 1.54) is 18.5 Å². The quantitative estimate of drug-likeness (QED) is 0.568. The minimum atomic E-state index is -0.729. The van der Waals surface area contributed by atoms with Crippen LogP contribution in [-0.4, -0.2) is 15.0 Å². The maximum atomic E-state index is 13.8. The number of anilines is 1. The molecule has 0 atom stereocenters. The molecule has 134 valence electrons. The number of benzene rings is 2. The van der Waals surface area contributed by atoms with E-state index in [0.717, 1.165) is 28.8 Å². The highest BCUT2D eigenvalue weighted by molar-refractivity contribution is 5.92. The van der Waals surface area contributed by atoms with Crippen molar-refractivity contribution in [1.82, 2.24) is 15.0 Å². The van der Waals surface area contributed by atoms with Crippen molar-refractivity contribution in [1.29, 1.82) is 0 Å². The summed E-state index contributed by atoms with van der Waals surface area (Å²) >= 11 is 0. The number of fused-ring (bicyclic) bond motifs is 1. The Morgan fingerprint density at radius 2 is 1.56 bits per heavy atom. The Balaban J connectivity index is 1.67. The zero-order valence-corrected chi connectivity index (χ0v) is 14.0. The van der Waals surface area contributed by atoms with Gasteiger partial charge in [0.05, 0.1) is 24.0 Å². The molecule has 0 radical (unpaired) electrons. The van der Waals surface area contributed by atoms with Crippen molar-refractivity contribution in [2.45, 2.75) is 6.54 Å². The molecule has 0 spiro atoms. The van der Waals surface area contributed by atoms with Crippen molar-refractivity contribution in [2.24, 2.45) is 0 Å². The van der Waals surface area contributed by atoms with Crippen molar-refractivity contribution in [3.63, 3.8) is 0 Å². The van der Waals surface area contributed by atoms with Crippen LogP contribution in [0.3, 0.4) is 0 Å². The molecular formula is C20H13F3N4. The number of nitrogens with one attached hydrogen (secondary N) is 1. The lowest BCUT2D eigenvalue weighted by atomic mass is 10.0. The van der Waals surface area contributed by atoms with Crippen LogP contribution >= 0.6 is 0 Å². The van der Waals surface area contributed by atoms with E-state index in [9.17, 15) is 13.2 Å². The third-order valence-corrected chi connectivity index (χ3v) is 4.12. The van der Waals surface area contributed by atoms with Crippen LogP contribution in [0.4, 0.5) is 19.0 Å². The highest BCUT2D eigenvalue weighted by Crippen LogP contribution is 2.27. The summed E-state index contributed by atoms with van der Waals surface area (Å²) in [5.74, 6) is -1.27. The maximum Gasteiger partial charge on any atom is 0.149 e. The number of hydrogen-bond acceptors (Lipinski definition) is 4. The van der Waals surface area contributed by atoms with Crippen LogP contribution in [0.25, 0.3) is 22.0 Å². The van der Waals surface area contributed by atoms with Crippen LogP contribution < -0.4 is 5.32 Å².